The molecular formula is C18H24ClF. The summed E-state index contributed by atoms with van der Waals surface area (Å²) in [6.07, 6.45) is 11.3. The molecule has 0 aliphatic heterocycles. The molecule has 0 saturated heterocycles. The molecule has 0 aliphatic rings. The second-order valence-electron chi connectivity index (χ2n) is 5.18. The number of rotatable bonds is 8. The molecule has 0 fully saturated rings. The van der Waals surface area contributed by atoms with Crippen LogP contribution in [0.25, 0.3) is 0 Å². The summed E-state index contributed by atoms with van der Waals surface area (Å²) in [5.74, 6) is 5.74. The highest BCUT2D eigenvalue weighted by molar-refractivity contribution is 6.30. The number of hydrogen-bond donors (Lipinski definition) is 0. The van der Waals surface area contributed by atoms with Crippen LogP contribution in [0.3, 0.4) is 0 Å². The van der Waals surface area contributed by atoms with Gasteiger partial charge in [-0.2, -0.15) is 0 Å². The second kappa shape index (κ2) is 10.7. The van der Waals surface area contributed by atoms with E-state index in [1.165, 1.54) is 57.1 Å². The summed E-state index contributed by atoms with van der Waals surface area (Å²) >= 11 is 5.78. The zero-order valence-electron chi connectivity index (χ0n) is 12.4. The Labute approximate surface area is 127 Å². The Morgan fingerprint density at radius 2 is 1.60 bits per heavy atom. The molecule has 0 radical (unpaired) electrons. The average molecular weight is 295 g/mol. The van der Waals surface area contributed by atoms with Gasteiger partial charge in [-0.15, -0.1) is 0 Å². The minimum absolute atomic E-state index is 0.325. The Hall–Kier alpha value is -1.00. The van der Waals surface area contributed by atoms with Crippen molar-refractivity contribution in [3.63, 3.8) is 0 Å². The average Bonchev–Trinajstić information content (AvgIpc) is 2.40. The highest BCUT2D eigenvalue weighted by Crippen LogP contribution is 2.13. The van der Waals surface area contributed by atoms with Gasteiger partial charge in [-0.1, -0.05) is 75.3 Å². The molecule has 20 heavy (non-hydrogen) atoms. The van der Waals surface area contributed by atoms with Crippen molar-refractivity contribution < 1.29 is 4.39 Å². The number of hydrogen-bond acceptors (Lipinski definition) is 0. The van der Waals surface area contributed by atoms with E-state index in [-0.39, 0.29) is 5.82 Å². The SMILES string of the molecule is CCCCCCCCCCC#Cc1cc(F)cc(Cl)c1. The van der Waals surface area contributed by atoms with E-state index in [0.717, 1.165) is 12.8 Å². The van der Waals surface area contributed by atoms with Crippen LogP contribution >= 0.6 is 11.6 Å². The topological polar surface area (TPSA) is 0 Å². The van der Waals surface area contributed by atoms with Gasteiger partial charge in [0.15, 0.2) is 0 Å². The Bertz CT molecular complexity index is 422. The Balaban J connectivity index is 2.11. The zero-order valence-corrected chi connectivity index (χ0v) is 13.1. The van der Waals surface area contributed by atoms with Gasteiger partial charge in [-0.25, -0.2) is 4.39 Å². The zero-order chi connectivity index (χ0) is 14.6. The molecule has 110 valence electrons. The van der Waals surface area contributed by atoms with Gasteiger partial charge in [0, 0.05) is 17.0 Å². The van der Waals surface area contributed by atoms with Crippen LogP contribution in [0, 0.1) is 17.7 Å². The van der Waals surface area contributed by atoms with Gasteiger partial charge in [0.25, 0.3) is 0 Å². The van der Waals surface area contributed by atoms with Crippen molar-refractivity contribution in [1.29, 1.82) is 0 Å². The Morgan fingerprint density at radius 3 is 2.25 bits per heavy atom. The summed E-state index contributed by atoms with van der Waals surface area (Å²) in [6.45, 7) is 2.24. The molecule has 0 aliphatic carbocycles. The first-order chi connectivity index (χ1) is 9.72. The fourth-order valence-corrected chi connectivity index (χ4v) is 2.36. The van der Waals surface area contributed by atoms with Gasteiger partial charge in [-0.05, 0) is 24.6 Å². The minimum atomic E-state index is -0.325. The van der Waals surface area contributed by atoms with E-state index in [4.69, 9.17) is 11.6 Å². The van der Waals surface area contributed by atoms with Crippen LogP contribution in [0.5, 0.6) is 0 Å². The highest BCUT2D eigenvalue weighted by atomic mass is 35.5. The Kier molecular flexibility index (Phi) is 9.16. The lowest BCUT2D eigenvalue weighted by Crippen LogP contribution is -1.81. The van der Waals surface area contributed by atoms with Crippen molar-refractivity contribution in [3.8, 4) is 11.8 Å². The maximum Gasteiger partial charge on any atom is 0.125 e. The number of benzene rings is 1. The Morgan fingerprint density at radius 1 is 0.950 bits per heavy atom. The molecule has 1 aromatic rings. The van der Waals surface area contributed by atoms with Crippen LogP contribution in [-0.4, -0.2) is 0 Å². The van der Waals surface area contributed by atoms with Crippen molar-refractivity contribution >= 4 is 11.6 Å². The van der Waals surface area contributed by atoms with E-state index >= 15 is 0 Å². The number of unbranched alkanes of at least 4 members (excludes halogenated alkanes) is 8. The maximum absolute atomic E-state index is 13.1. The van der Waals surface area contributed by atoms with Crippen molar-refractivity contribution in [3.05, 3.63) is 34.6 Å². The van der Waals surface area contributed by atoms with Crippen LogP contribution in [0.1, 0.15) is 70.3 Å². The van der Waals surface area contributed by atoms with Gasteiger partial charge in [-0.3, -0.25) is 0 Å². The summed E-state index contributed by atoms with van der Waals surface area (Å²) < 4.78 is 13.1. The van der Waals surface area contributed by atoms with E-state index in [0.29, 0.717) is 10.6 Å². The molecule has 0 bridgehead atoms. The van der Waals surface area contributed by atoms with E-state index in [9.17, 15) is 4.39 Å². The molecule has 0 aromatic heterocycles. The summed E-state index contributed by atoms with van der Waals surface area (Å²) in [5, 5.41) is 0.404. The summed E-state index contributed by atoms with van der Waals surface area (Å²) in [6, 6.07) is 4.42. The molecule has 0 heterocycles. The van der Waals surface area contributed by atoms with Crippen LogP contribution in [0.2, 0.25) is 5.02 Å². The highest BCUT2D eigenvalue weighted by Gasteiger charge is 1.96. The molecule has 1 aromatic carbocycles. The normalized spacial score (nSPS) is 10.2. The number of halogens is 2. The van der Waals surface area contributed by atoms with Gasteiger partial charge < -0.3 is 0 Å². The van der Waals surface area contributed by atoms with E-state index < -0.39 is 0 Å². The predicted molar refractivity (Wildman–Crippen MR) is 85.5 cm³/mol. The second-order valence-corrected chi connectivity index (χ2v) is 5.62. The van der Waals surface area contributed by atoms with E-state index in [2.05, 4.69) is 18.8 Å². The third-order valence-corrected chi connectivity index (χ3v) is 3.47. The third kappa shape index (κ3) is 8.23. The quantitative estimate of drug-likeness (QED) is 0.386. The maximum atomic E-state index is 13.1. The minimum Gasteiger partial charge on any atom is -0.207 e. The van der Waals surface area contributed by atoms with Crippen molar-refractivity contribution in [2.75, 3.05) is 0 Å². The molecule has 0 unspecified atom stereocenters. The van der Waals surface area contributed by atoms with Gasteiger partial charge in [0.1, 0.15) is 5.82 Å². The monoisotopic (exact) mass is 294 g/mol. The summed E-state index contributed by atoms with van der Waals surface area (Å²) in [4.78, 5) is 0. The smallest absolute Gasteiger partial charge is 0.125 e. The lowest BCUT2D eigenvalue weighted by molar-refractivity contribution is 0.579. The van der Waals surface area contributed by atoms with E-state index in [1.54, 1.807) is 6.07 Å². The first-order valence-electron chi connectivity index (χ1n) is 7.67. The summed E-state index contributed by atoms with van der Waals surface area (Å²) in [7, 11) is 0. The van der Waals surface area contributed by atoms with Gasteiger partial charge in [0.05, 0.1) is 0 Å². The standard InChI is InChI=1S/C18H24ClF/c1-2-3-4-5-6-7-8-9-10-11-12-16-13-17(19)15-18(20)14-16/h13-15H,2-10H2,1H3. The molecule has 0 atom stereocenters. The molecule has 0 amide bonds. The molecule has 2 heteroatoms. The lowest BCUT2D eigenvalue weighted by atomic mass is 10.1. The molecule has 0 nitrogen and oxygen atoms in total. The third-order valence-electron chi connectivity index (χ3n) is 3.25. The molecule has 0 saturated carbocycles. The van der Waals surface area contributed by atoms with Gasteiger partial charge in [0.2, 0.25) is 0 Å². The molecule has 1 rings (SSSR count). The van der Waals surface area contributed by atoms with Crippen LogP contribution in [0.15, 0.2) is 18.2 Å². The largest absolute Gasteiger partial charge is 0.207 e. The first-order valence-corrected chi connectivity index (χ1v) is 8.05. The molecule has 0 spiro atoms. The van der Waals surface area contributed by atoms with Crippen molar-refractivity contribution in [2.45, 2.75) is 64.7 Å². The molecular weight excluding hydrogens is 271 g/mol. The lowest BCUT2D eigenvalue weighted by Gasteiger charge is -1.99. The first kappa shape index (κ1) is 17.1. The summed E-state index contributed by atoms with van der Waals surface area (Å²) in [5.41, 5.74) is 0.662. The van der Waals surface area contributed by atoms with Crippen molar-refractivity contribution in [2.24, 2.45) is 0 Å². The fourth-order valence-electron chi connectivity index (χ4n) is 2.14. The fraction of sp³-hybridized carbons (Fsp3) is 0.556. The molecule has 0 N–H and O–H groups in total. The van der Waals surface area contributed by atoms with E-state index in [1.807, 2.05) is 0 Å². The van der Waals surface area contributed by atoms with Crippen LogP contribution < -0.4 is 0 Å². The van der Waals surface area contributed by atoms with Gasteiger partial charge >= 0.3 is 0 Å². The van der Waals surface area contributed by atoms with Crippen LogP contribution in [0.4, 0.5) is 4.39 Å². The van der Waals surface area contributed by atoms with Crippen LogP contribution in [-0.2, 0) is 0 Å². The predicted octanol–water partition coefficient (Wildman–Crippen LogP) is 6.36. The van der Waals surface area contributed by atoms with Crippen molar-refractivity contribution in [1.82, 2.24) is 0 Å².